The Hall–Kier alpha value is -2.04. The highest BCUT2D eigenvalue weighted by Gasteiger charge is 2.32. The monoisotopic (exact) mass is 332 g/mol. The molecular weight excluding hydrogens is 312 g/mol. The number of para-hydroxylation sites is 1. The Morgan fingerprint density at radius 3 is 2.52 bits per heavy atom. The van der Waals surface area contributed by atoms with Gasteiger partial charge in [-0.05, 0) is 18.6 Å². The molecule has 23 heavy (non-hydrogen) atoms. The highest BCUT2D eigenvalue weighted by molar-refractivity contribution is 5.87. The van der Waals surface area contributed by atoms with Crippen LogP contribution in [0.15, 0.2) is 59.8 Å². The summed E-state index contributed by atoms with van der Waals surface area (Å²) in [5.41, 5.74) is 8.40. The molecule has 0 saturated heterocycles. The average molecular weight is 333 g/mol. The van der Waals surface area contributed by atoms with Crippen molar-refractivity contribution in [2.45, 2.75) is 18.9 Å². The largest absolute Gasteiger partial charge is 0.487 e. The van der Waals surface area contributed by atoms with E-state index in [-0.39, 0.29) is 12.4 Å². The second-order valence-electron chi connectivity index (χ2n) is 5.73. The molecule has 2 aromatic rings. The van der Waals surface area contributed by atoms with Gasteiger partial charge in [0.05, 0.1) is 5.71 Å². The Balaban J connectivity index is 0.00000192. The van der Waals surface area contributed by atoms with Crippen molar-refractivity contribution in [2.24, 2.45) is 10.9 Å². The molecule has 0 amide bonds. The Bertz CT molecular complexity index is 676. The van der Waals surface area contributed by atoms with Crippen molar-refractivity contribution >= 4 is 18.1 Å². The summed E-state index contributed by atoms with van der Waals surface area (Å²) in [5, 5.41) is 4.09. The number of oxime groups is 1. The van der Waals surface area contributed by atoms with Crippen molar-refractivity contribution in [2.75, 3.05) is 13.2 Å². The fourth-order valence-electron chi connectivity index (χ4n) is 2.47. The molecule has 4 nitrogen and oxygen atoms in total. The molecule has 3 rings (SSSR count). The Morgan fingerprint density at radius 2 is 1.83 bits per heavy atom. The smallest absolute Gasteiger partial charge is 0.152 e. The summed E-state index contributed by atoms with van der Waals surface area (Å²) in [4.78, 5) is 5.39. The van der Waals surface area contributed by atoms with Gasteiger partial charge in [-0.25, -0.2) is 0 Å². The zero-order valence-corrected chi connectivity index (χ0v) is 13.9. The number of hydrogen-bond acceptors (Lipinski definition) is 4. The van der Waals surface area contributed by atoms with Gasteiger partial charge in [0, 0.05) is 18.5 Å². The minimum atomic E-state index is -0.391. The van der Waals surface area contributed by atoms with E-state index in [1.807, 2.05) is 43.3 Å². The van der Waals surface area contributed by atoms with Crippen LogP contribution in [-0.2, 0) is 4.84 Å². The lowest BCUT2D eigenvalue weighted by Gasteiger charge is -2.18. The molecule has 0 aliphatic carbocycles. The van der Waals surface area contributed by atoms with Gasteiger partial charge < -0.3 is 15.3 Å². The molecule has 122 valence electrons. The van der Waals surface area contributed by atoms with Crippen molar-refractivity contribution in [3.05, 3.63) is 54.6 Å². The molecule has 0 spiro atoms. The van der Waals surface area contributed by atoms with Crippen LogP contribution in [0.5, 0.6) is 5.75 Å². The maximum Gasteiger partial charge on any atom is 0.152 e. The number of nitrogens with two attached hydrogens (primary N) is 1. The Labute approximate surface area is 142 Å². The molecule has 1 unspecified atom stereocenters. The lowest BCUT2D eigenvalue weighted by atomic mass is 10.0. The van der Waals surface area contributed by atoms with E-state index in [4.69, 9.17) is 15.3 Å². The second-order valence-corrected chi connectivity index (χ2v) is 5.73. The molecule has 0 radical (unpaired) electrons. The van der Waals surface area contributed by atoms with Gasteiger partial charge in [-0.1, -0.05) is 53.7 Å². The van der Waals surface area contributed by atoms with E-state index in [2.05, 4.69) is 23.4 Å². The van der Waals surface area contributed by atoms with Crippen LogP contribution < -0.4 is 10.5 Å². The fraction of sp³-hybridized carbons (Fsp3) is 0.278. The molecule has 1 aliphatic rings. The molecule has 2 N–H and O–H groups in total. The average Bonchev–Trinajstić information content (AvgIpc) is 2.96. The van der Waals surface area contributed by atoms with Crippen LogP contribution in [0.4, 0.5) is 0 Å². The predicted molar refractivity (Wildman–Crippen MR) is 95.2 cm³/mol. The van der Waals surface area contributed by atoms with Crippen LogP contribution in [0.3, 0.4) is 0 Å². The zero-order chi connectivity index (χ0) is 15.4. The van der Waals surface area contributed by atoms with E-state index in [1.54, 1.807) is 0 Å². The van der Waals surface area contributed by atoms with E-state index in [0.717, 1.165) is 22.6 Å². The van der Waals surface area contributed by atoms with Gasteiger partial charge in [-0.15, -0.1) is 12.4 Å². The number of nitrogens with zero attached hydrogens (tertiary/aromatic N) is 1. The van der Waals surface area contributed by atoms with Crippen LogP contribution in [0.2, 0.25) is 0 Å². The molecule has 0 bridgehead atoms. The van der Waals surface area contributed by atoms with Crippen LogP contribution >= 0.6 is 12.4 Å². The normalized spacial score (nSPS) is 19.5. The Kier molecular flexibility index (Phi) is 5.64. The highest BCUT2D eigenvalue weighted by atomic mass is 35.5. The van der Waals surface area contributed by atoms with Crippen molar-refractivity contribution in [1.82, 2.24) is 0 Å². The van der Waals surface area contributed by atoms with Crippen LogP contribution in [0.1, 0.15) is 13.3 Å². The maximum absolute atomic E-state index is 5.96. The van der Waals surface area contributed by atoms with E-state index in [1.165, 1.54) is 0 Å². The van der Waals surface area contributed by atoms with E-state index in [0.29, 0.717) is 19.6 Å². The van der Waals surface area contributed by atoms with Crippen molar-refractivity contribution in [3.63, 3.8) is 0 Å². The third-order valence-electron chi connectivity index (χ3n) is 3.77. The molecule has 1 aliphatic heterocycles. The van der Waals surface area contributed by atoms with Crippen LogP contribution in [0.25, 0.3) is 11.1 Å². The molecule has 0 aromatic heterocycles. The summed E-state index contributed by atoms with van der Waals surface area (Å²) in [5.74, 6) is 0.845. The van der Waals surface area contributed by atoms with E-state index < -0.39 is 5.60 Å². The summed E-state index contributed by atoms with van der Waals surface area (Å²) < 4.78 is 5.96. The standard InChI is InChI=1S/C18H20N2O2.ClH/c1-18(13-19)11-15(20-22-18)12-21-17-10-6-5-9-16(17)14-7-3-2-4-8-14;/h2-10H,11-13,19H2,1H3;1H. The quantitative estimate of drug-likeness (QED) is 0.909. The van der Waals surface area contributed by atoms with E-state index >= 15 is 0 Å². The summed E-state index contributed by atoms with van der Waals surface area (Å²) in [6.45, 7) is 2.82. The number of hydrogen-bond donors (Lipinski definition) is 1. The molecule has 5 heteroatoms. The third-order valence-corrected chi connectivity index (χ3v) is 3.77. The minimum Gasteiger partial charge on any atom is -0.487 e. The van der Waals surface area contributed by atoms with Crippen LogP contribution in [-0.4, -0.2) is 24.5 Å². The third kappa shape index (κ3) is 4.03. The summed E-state index contributed by atoms with van der Waals surface area (Å²) >= 11 is 0. The van der Waals surface area contributed by atoms with Gasteiger partial charge in [0.1, 0.15) is 12.4 Å². The van der Waals surface area contributed by atoms with Gasteiger partial charge in [-0.3, -0.25) is 0 Å². The predicted octanol–water partition coefficient (Wildman–Crippen LogP) is 3.65. The van der Waals surface area contributed by atoms with Crippen molar-refractivity contribution in [3.8, 4) is 16.9 Å². The summed E-state index contributed by atoms with van der Waals surface area (Å²) in [6, 6.07) is 18.2. The molecule has 0 saturated carbocycles. The topological polar surface area (TPSA) is 56.8 Å². The highest BCUT2D eigenvalue weighted by Crippen LogP contribution is 2.30. The maximum atomic E-state index is 5.96. The van der Waals surface area contributed by atoms with Gasteiger partial charge >= 0.3 is 0 Å². The fourth-order valence-corrected chi connectivity index (χ4v) is 2.47. The van der Waals surface area contributed by atoms with Gasteiger partial charge in [0.2, 0.25) is 0 Å². The van der Waals surface area contributed by atoms with Crippen molar-refractivity contribution in [1.29, 1.82) is 0 Å². The second kappa shape index (κ2) is 7.49. The summed E-state index contributed by atoms with van der Waals surface area (Å²) in [6.07, 6.45) is 0.705. The first kappa shape index (κ1) is 17.3. The number of rotatable bonds is 5. The molecular formula is C18H21ClN2O2. The molecule has 0 fully saturated rings. The first-order valence-corrected chi connectivity index (χ1v) is 7.41. The first-order chi connectivity index (χ1) is 10.7. The number of benzene rings is 2. The minimum absolute atomic E-state index is 0. The summed E-state index contributed by atoms with van der Waals surface area (Å²) in [7, 11) is 0. The lowest BCUT2D eigenvalue weighted by molar-refractivity contribution is 0.00421. The molecule has 1 heterocycles. The SMILES string of the molecule is CC1(CN)CC(COc2ccccc2-c2ccccc2)=NO1.Cl. The first-order valence-electron chi connectivity index (χ1n) is 7.41. The number of halogens is 1. The zero-order valence-electron chi connectivity index (χ0n) is 13.1. The number of ether oxygens (including phenoxy) is 1. The lowest BCUT2D eigenvalue weighted by Crippen LogP contribution is -2.34. The van der Waals surface area contributed by atoms with E-state index in [9.17, 15) is 0 Å². The van der Waals surface area contributed by atoms with Gasteiger partial charge in [0.25, 0.3) is 0 Å². The van der Waals surface area contributed by atoms with Crippen molar-refractivity contribution < 1.29 is 9.57 Å². The Morgan fingerprint density at radius 1 is 1.13 bits per heavy atom. The van der Waals surface area contributed by atoms with Gasteiger partial charge in [-0.2, -0.15) is 0 Å². The van der Waals surface area contributed by atoms with Crippen LogP contribution in [0, 0.1) is 0 Å². The molecule has 2 aromatic carbocycles. The molecule has 1 atom stereocenters. The van der Waals surface area contributed by atoms with Gasteiger partial charge in [0.15, 0.2) is 5.60 Å².